The lowest BCUT2D eigenvalue weighted by molar-refractivity contribution is -0.262. The van der Waals surface area contributed by atoms with Crippen LogP contribution in [0.5, 0.6) is 5.75 Å². The second-order valence-corrected chi connectivity index (χ2v) is 6.84. The molecule has 5 nitrogen and oxygen atoms in total. The summed E-state index contributed by atoms with van der Waals surface area (Å²) in [6.07, 6.45) is 4.02. The zero-order valence-corrected chi connectivity index (χ0v) is 15.9. The molecule has 1 fully saturated rings. The van der Waals surface area contributed by atoms with Gasteiger partial charge in [0.25, 0.3) is 0 Å². The zero-order valence-electron chi connectivity index (χ0n) is 15.9. The van der Waals surface area contributed by atoms with Crippen molar-refractivity contribution in [1.29, 1.82) is 0 Å². The first kappa shape index (κ1) is 19.7. The number of benzene rings is 1. The Balaban J connectivity index is 1.65. The minimum absolute atomic E-state index is 0.424. The highest BCUT2D eigenvalue weighted by molar-refractivity contribution is 6.00. The lowest BCUT2D eigenvalue weighted by atomic mass is 10.0. The van der Waals surface area contributed by atoms with E-state index in [0.717, 1.165) is 55.9 Å². The Morgan fingerprint density at radius 1 is 1.16 bits per heavy atom. The molecule has 0 amide bonds. The van der Waals surface area contributed by atoms with Crippen LogP contribution in [0.25, 0.3) is 0 Å². The normalized spacial score (nSPS) is 18.2. The number of nitrogens with zero attached hydrogens (tertiary/aromatic N) is 1. The van der Waals surface area contributed by atoms with E-state index in [0.29, 0.717) is 12.5 Å². The van der Waals surface area contributed by atoms with Gasteiger partial charge in [-0.2, -0.15) is 0 Å². The van der Waals surface area contributed by atoms with Gasteiger partial charge in [0, 0.05) is 5.92 Å². The highest BCUT2D eigenvalue weighted by Crippen LogP contribution is 2.23. The third-order valence-electron chi connectivity index (χ3n) is 4.36. The second kappa shape index (κ2) is 9.78. The van der Waals surface area contributed by atoms with E-state index in [1.54, 1.807) is 7.11 Å². The van der Waals surface area contributed by atoms with Crippen LogP contribution < -0.4 is 4.74 Å². The van der Waals surface area contributed by atoms with Crippen molar-refractivity contribution in [2.45, 2.75) is 52.2 Å². The maximum absolute atomic E-state index is 5.68. The van der Waals surface area contributed by atoms with Gasteiger partial charge in [-0.15, -0.1) is 0 Å². The Morgan fingerprint density at radius 3 is 2.44 bits per heavy atom. The largest absolute Gasteiger partial charge is 0.497 e. The average Bonchev–Trinajstić information content (AvgIpc) is 2.62. The molecule has 0 atom stereocenters. The third kappa shape index (κ3) is 6.67. The van der Waals surface area contributed by atoms with Gasteiger partial charge in [-0.05, 0) is 69.4 Å². The number of hydrogen-bond donors (Lipinski definition) is 0. The standard InChI is InChI=1S/C20H31NO4/c1-5-19(17-9-11-18(22-4)12-10-17)21-25-13-7-6-8-16-14-23-20(2,3)24-15-16/h9-12,16H,5-8,13-15H2,1-4H3. The van der Waals surface area contributed by atoms with Crippen LogP contribution in [0.4, 0.5) is 0 Å². The van der Waals surface area contributed by atoms with Gasteiger partial charge >= 0.3 is 0 Å². The van der Waals surface area contributed by atoms with Crippen molar-refractivity contribution >= 4 is 5.71 Å². The summed E-state index contributed by atoms with van der Waals surface area (Å²) >= 11 is 0. The number of hydrogen-bond acceptors (Lipinski definition) is 5. The van der Waals surface area contributed by atoms with Crippen LogP contribution in [-0.4, -0.2) is 38.4 Å². The molecule has 0 unspecified atom stereocenters. The van der Waals surface area contributed by atoms with Gasteiger partial charge in [-0.3, -0.25) is 0 Å². The monoisotopic (exact) mass is 349 g/mol. The van der Waals surface area contributed by atoms with Crippen LogP contribution in [0.2, 0.25) is 0 Å². The summed E-state index contributed by atoms with van der Waals surface area (Å²) in [6.45, 7) is 8.20. The van der Waals surface area contributed by atoms with Crippen molar-refractivity contribution in [1.82, 2.24) is 0 Å². The van der Waals surface area contributed by atoms with Gasteiger partial charge in [0.15, 0.2) is 5.79 Å². The molecule has 0 saturated carbocycles. The minimum atomic E-state index is -0.424. The van der Waals surface area contributed by atoms with Crippen molar-refractivity contribution in [3.05, 3.63) is 29.8 Å². The molecule has 0 aromatic heterocycles. The van der Waals surface area contributed by atoms with Crippen molar-refractivity contribution in [3.63, 3.8) is 0 Å². The Kier molecular flexibility index (Phi) is 7.72. The maximum atomic E-state index is 5.68. The Bertz CT molecular complexity index is 529. The second-order valence-electron chi connectivity index (χ2n) is 6.84. The van der Waals surface area contributed by atoms with E-state index in [1.807, 2.05) is 38.1 Å². The molecule has 1 heterocycles. The molecule has 2 rings (SSSR count). The summed E-state index contributed by atoms with van der Waals surface area (Å²) in [4.78, 5) is 5.51. The van der Waals surface area contributed by atoms with Gasteiger partial charge in [0.05, 0.1) is 26.0 Å². The lowest BCUT2D eigenvalue weighted by Gasteiger charge is -2.35. The van der Waals surface area contributed by atoms with Crippen LogP contribution in [0.3, 0.4) is 0 Å². The van der Waals surface area contributed by atoms with Gasteiger partial charge in [-0.25, -0.2) is 0 Å². The van der Waals surface area contributed by atoms with Crippen molar-refractivity contribution < 1.29 is 19.0 Å². The van der Waals surface area contributed by atoms with Crippen LogP contribution in [0, 0.1) is 5.92 Å². The van der Waals surface area contributed by atoms with Gasteiger partial charge in [0.2, 0.25) is 0 Å². The first-order chi connectivity index (χ1) is 12.0. The SMILES string of the molecule is CCC(=NOCCCCC1COC(C)(C)OC1)c1ccc(OC)cc1. The topological polar surface area (TPSA) is 49.3 Å². The lowest BCUT2D eigenvalue weighted by Crippen LogP contribution is -2.39. The average molecular weight is 349 g/mol. The quantitative estimate of drug-likeness (QED) is 0.377. The van der Waals surface area contributed by atoms with E-state index in [9.17, 15) is 0 Å². The zero-order chi connectivity index (χ0) is 18.1. The number of oxime groups is 1. The predicted molar refractivity (Wildman–Crippen MR) is 99.1 cm³/mol. The number of methoxy groups -OCH3 is 1. The molecule has 1 aromatic rings. The Labute approximate surface area is 151 Å². The Hall–Kier alpha value is -1.59. The molecule has 0 aliphatic carbocycles. The van der Waals surface area contributed by atoms with E-state index >= 15 is 0 Å². The summed E-state index contributed by atoms with van der Waals surface area (Å²) in [5, 5.41) is 4.30. The van der Waals surface area contributed by atoms with E-state index in [4.69, 9.17) is 19.0 Å². The molecule has 25 heavy (non-hydrogen) atoms. The molecule has 1 aromatic carbocycles. The van der Waals surface area contributed by atoms with Crippen LogP contribution in [0.15, 0.2) is 29.4 Å². The van der Waals surface area contributed by atoms with Crippen molar-refractivity contribution in [2.75, 3.05) is 26.9 Å². The fourth-order valence-electron chi connectivity index (χ4n) is 2.72. The number of ether oxygens (including phenoxy) is 3. The summed E-state index contributed by atoms with van der Waals surface area (Å²) < 4.78 is 16.5. The summed E-state index contributed by atoms with van der Waals surface area (Å²) in [7, 11) is 1.67. The van der Waals surface area contributed by atoms with Gasteiger partial charge < -0.3 is 19.0 Å². The van der Waals surface area contributed by atoms with Crippen LogP contribution >= 0.6 is 0 Å². The minimum Gasteiger partial charge on any atom is -0.497 e. The van der Waals surface area contributed by atoms with Crippen molar-refractivity contribution in [3.8, 4) is 5.75 Å². The predicted octanol–water partition coefficient (Wildman–Crippen LogP) is 4.40. The molecule has 1 aliphatic rings. The Morgan fingerprint density at radius 2 is 1.84 bits per heavy atom. The fraction of sp³-hybridized carbons (Fsp3) is 0.650. The van der Waals surface area contributed by atoms with Gasteiger partial charge in [-0.1, -0.05) is 12.1 Å². The van der Waals surface area contributed by atoms with E-state index in [2.05, 4.69) is 12.1 Å². The molecule has 0 spiro atoms. The molecule has 0 N–H and O–H groups in total. The number of unbranched alkanes of at least 4 members (excludes halogenated alkanes) is 1. The molecular weight excluding hydrogens is 318 g/mol. The highest BCUT2D eigenvalue weighted by Gasteiger charge is 2.27. The summed E-state index contributed by atoms with van der Waals surface area (Å²) in [5.41, 5.74) is 2.03. The molecule has 5 heteroatoms. The fourth-order valence-corrected chi connectivity index (χ4v) is 2.72. The van der Waals surface area contributed by atoms with E-state index in [-0.39, 0.29) is 0 Å². The first-order valence-corrected chi connectivity index (χ1v) is 9.15. The molecule has 1 saturated heterocycles. The summed E-state index contributed by atoms with van der Waals surface area (Å²) in [6, 6.07) is 7.90. The molecule has 140 valence electrons. The number of rotatable bonds is 9. The molecule has 0 radical (unpaired) electrons. The summed E-state index contributed by atoms with van der Waals surface area (Å²) in [5.74, 6) is 0.910. The first-order valence-electron chi connectivity index (χ1n) is 9.15. The molecule has 1 aliphatic heterocycles. The maximum Gasteiger partial charge on any atom is 0.162 e. The smallest absolute Gasteiger partial charge is 0.162 e. The van der Waals surface area contributed by atoms with Crippen LogP contribution in [0.1, 0.15) is 52.0 Å². The molecular formula is C20H31NO4. The van der Waals surface area contributed by atoms with Gasteiger partial charge in [0.1, 0.15) is 12.4 Å². The van der Waals surface area contributed by atoms with E-state index in [1.165, 1.54) is 0 Å². The molecule has 0 bridgehead atoms. The highest BCUT2D eigenvalue weighted by atomic mass is 16.7. The van der Waals surface area contributed by atoms with E-state index < -0.39 is 5.79 Å². The third-order valence-corrected chi connectivity index (χ3v) is 4.36. The van der Waals surface area contributed by atoms with Crippen LogP contribution in [-0.2, 0) is 14.3 Å². The van der Waals surface area contributed by atoms with Crippen molar-refractivity contribution in [2.24, 2.45) is 11.1 Å².